The summed E-state index contributed by atoms with van der Waals surface area (Å²) in [6.07, 6.45) is 3.63. The Labute approximate surface area is 215 Å². The summed E-state index contributed by atoms with van der Waals surface area (Å²) in [5.41, 5.74) is 6.04. The number of carbonyl (C=O) groups is 2. The van der Waals surface area contributed by atoms with Crippen molar-refractivity contribution in [1.82, 2.24) is 0 Å². The molecule has 0 N–H and O–H groups in total. The van der Waals surface area contributed by atoms with Crippen LogP contribution >= 0.6 is 11.6 Å². The first-order chi connectivity index (χ1) is 17.3. The van der Waals surface area contributed by atoms with Gasteiger partial charge in [0, 0.05) is 32.6 Å². The molecule has 0 saturated heterocycles. The maximum Gasteiger partial charge on any atom is 0.197 e. The summed E-state index contributed by atoms with van der Waals surface area (Å²) in [6, 6.07) is 25.6. The van der Waals surface area contributed by atoms with Gasteiger partial charge in [-0.3, -0.25) is 9.59 Å². The van der Waals surface area contributed by atoms with Crippen LogP contribution in [0.5, 0.6) is 0 Å². The number of rotatable bonds is 2. The van der Waals surface area contributed by atoms with Gasteiger partial charge >= 0.3 is 0 Å². The van der Waals surface area contributed by atoms with Crippen LogP contribution in [0.25, 0.3) is 10.8 Å². The minimum atomic E-state index is -0.418. The molecule has 1 aliphatic carbocycles. The summed E-state index contributed by atoms with van der Waals surface area (Å²) in [6.45, 7) is 6.42. The maximum absolute atomic E-state index is 13.1. The molecule has 0 amide bonds. The molecule has 6 rings (SSSR count). The van der Waals surface area contributed by atoms with Gasteiger partial charge in [0.1, 0.15) is 0 Å². The van der Waals surface area contributed by atoms with Crippen molar-refractivity contribution in [2.45, 2.75) is 26.2 Å². The van der Waals surface area contributed by atoms with Gasteiger partial charge < -0.3 is 4.90 Å². The highest BCUT2D eigenvalue weighted by atomic mass is 35.5. The normalized spacial score (nSPS) is 17.2. The zero-order chi connectivity index (χ0) is 25.2. The largest absolute Gasteiger partial charge is 0.312 e. The van der Waals surface area contributed by atoms with E-state index < -0.39 is 5.41 Å². The van der Waals surface area contributed by atoms with E-state index in [9.17, 15) is 9.59 Å². The van der Waals surface area contributed by atoms with Crippen molar-refractivity contribution >= 4 is 45.3 Å². The lowest BCUT2D eigenvalue weighted by atomic mass is 9.83. The van der Waals surface area contributed by atoms with E-state index in [1.165, 1.54) is 0 Å². The molecule has 36 heavy (non-hydrogen) atoms. The number of benzene rings is 4. The number of fused-ring (bicyclic) bond motifs is 3. The van der Waals surface area contributed by atoms with E-state index in [-0.39, 0.29) is 17.1 Å². The molecule has 0 bridgehead atoms. The second kappa shape index (κ2) is 8.04. The van der Waals surface area contributed by atoms with Crippen molar-refractivity contribution in [3.05, 3.63) is 130 Å². The topological polar surface area (TPSA) is 37.4 Å². The molecule has 0 aromatic heterocycles. The van der Waals surface area contributed by atoms with Crippen LogP contribution in [0, 0.1) is 6.92 Å². The second-order valence-electron chi connectivity index (χ2n) is 9.91. The molecule has 0 unspecified atom stereocenters. The van der Waals surface area contributed by atoms with Crippen molar-refractivity contribution in [3.63, 3.8) is 0 Å². The third-order valence-corrected chi connectivity index (χ3v) is 7.63. The number of hydrogen-bond acceptors (Lipinski definition) is 3. The molecule has 0 fully saturated rings. The first-order valence-corrected chi connectivity index (χ1v) is 12.4. The van der Waals surface area contributed by atoms with E-state index in [0.717, 1.165) is 39.0 Å². The van der Waals surface area contributed by atoms with Crippen molar-refractivity contribution < 1.29 is 9.59 Å². The quantitative estimate of drug-likeness (QED) is 0.211. The standard InChI is InChI=1S/C32H24ClNO2/c1-19-12-13-20-8-4-5-9-22(20)29(19)34-27-16-14-21(33)18-26(27)32(2,3)28(34)17-15-25-30(35)23-10-6-7-11-24(23)31(25)36/h4-18H,1-3H3/b28-17+. The van der Waals surface area contributed by atoms with E-state index in [0.29, 0.717) is 16.1 Å². The fourth-order valence-corrected chi connectivity index (χ4v) is 5.69. The van der Waals surface area contributed by atoms with Crippen molar-refractivity contribution in [3.8, 4) is 0 Å². The summed E-state index contributed by atoms with van der Waals surface area (Å²) in [4.78, 5) is 28.4. The Kier molecular flexibility index (Phi) is 5.03. The van der Waals surface area contributed by atoms with E-state index in [2.05, 4.69) is 56.0 Å². The summed E-state index contributed by atoms with van der Waals surface area (Å²) < 4.78 is 0. The monoisotopic (exact) mass is 489 g/mol. The van der Waals surface area contributed by atoms with E-state index >= 15 is 0 Å². The molecular formula is C32H24ClNO2. The highest BCUT2D eigenvalue weighted by Crippen LogP contribution is 2.53. The number of nitrogens with zero attached hydrogens (tertiary/aromatic N) is 1. The predicted molar refractivity (Wildman–Crippen MR) is 147 cm³/mol. The number of ketones is 2. The molecule has 2 aliphatic rings. The van der Waals surface area contributed by atoms with Crippen molar-refractivity contribution in [1.29, 1.82) is 0 Å². The maximum atomic E-state index is 13.1. The fourth-order valence-electron chi connectivity index (χ4n) is 5.52. The number of allylic oxidation sites excluding steroid dienone is 4. The Morgan fingerprint density at radius 1 is 0.806 bits per heavy atom. The van der Waals surface area contributed by atoms with Crippen LogP contribution in [0.4, 0.5) is 11.4 Å². The van der Waals surface area contributed by atoms with Gasteiger partial charge in [0.2, 0.25) is 0 Å². The molecule has 0 spiro atoms. The Hall–Kier alpha value is -3.95. The summed E-state index contributed by atoms with van der Waals surface area (Å²) in [5, 5.41) is 2.95. The molecule has 4 aromatic carbocycles. The lowest BCUT2D eigenvalue weighted by molar-refractivity contribution is 0.0988. The molecule has 1 aliphatic heterocycles. The van der Waals surface area contributed by atoms with E-state index in [1.54, 1.807) is 30.3 Å². The van der Waals surface area contributed by atoms with Gasteiger partial charge in [-0.05, 0) is 53.8 Å². The van der Waals surface area contributed by atoms with Crippen LogP contribution in [0.1, 0.15) is 45.7 Å². The van der Waals surface area contributed by atoms with Gasteiger partial charge in [0.05, 0.1) is 16.9 Å². The molecule has 0 atom stereocenters. The molecule has 0 radical (unpaired) electrons. The molecular weight excluding hydrogens is 466 g/mol. The molecule has 176 valence electrons. The zero-order valence-corrected chi connectivity index (χ0v) is 21.1. The highest BCUT2D eigenvalue weighted by Gasteiger charge is 2.42. The Balaban J connectivity index is 1.60. The Morgan fingerprint density at radius 2 is 1.47 bits per heavy atom. The van der Waals surface area contributed by atoms with Gasteiger partial charge in [0.25, 0.3) is 0 Å². The average molecular weight is 490 g/mol. The number of anilines is 2. The highest BCUT2D eigenvalue weighted by molar-refractivity contribution is 6.39. The SMILES string of the molecule is Cc1ccc2ccccc2c1N1/C(=C/C=C2C(=O)c3ccccc3C2=O)C(C)(C)c2cc(Cl)ccc21. The number of Topliss-reactive ketones (excluding diaryl/α,β-unsaturated/α-hetero) is 2. The lowest BCUT2D eigenvalue weighted by Gasteiger charge is -2.29. The lowest BCUT2D eigenvalue weighted by Crippen LogP contribution is -2.23. The number of aryl methyl sites for hydroxylation is 1. The summed E-state index contributed by atoms with van der Waals surface area (Å²) >= 11 is 6.45. The predicted octanol–water partition coefficient (Wildman–Crippen LogP) is 8.12. The number of halogens is 1. The third kappa shape index (κ3) is 3.20. The summed E-state index contributed by atoms with van der Waals surface area (Å²) in [7, 11) is 0. The molecule has 3 nitrogen and oxygen atoms in total. The van der Waals surface area contributed by atoms with E-state index in [4.69, 9.17) is 11.6 Å². The smallest absolute Gasteiger partial charge is 0.197 e. The number of carbonyl (C=O) groups excluding carboxylic acids is 2. The van der Waals surface area contributed by atoms with Gasteiger partial charge in [-0.2, -0.15) is 0 Å². The van der Waals surface area contributed by atoms with Crippen molar-refractivity contribution in [2.24, 2.45) is 0 Å². The van der Waals surface area contributed by atoms with Crippen LogP contribution in [-0.2, 0) is 5.41 Å². The first-order valence-electron chi connectivity index (χ1n) is 12.0. The van der Waals surface area contributed by atoms with Crippen LogP contribution in [0.3, 0.4) is 0 Å². The third-order valence-electron chi connectivity index (χ3n) is 7.39. The molecule has 4 heteroatoms. The van der Waals surface area contributed by atoms with Crippen LogP contribution in [-0.4, -0.2) is 11.6 Å². The van der Waals surface area contributed by atoms with Gasteiger partial charge in [0.15, 0.2) is 11.6 Å². The molecule has 0 saturated carbocycles. The van der Waals surface area contributed by atoms with Crippen LogP contribution in [0.15, 0.2) is 102 Å². The second-order valence-corrected chi connectivity index (χ2v) is 10.3. The first kappa shape index (κ1) is 22.5. The zero-order valence-electron chi connectivity index (χ0n) is 20.3. The number of hydrogen-bond donors (Lipinski definition) is 0. The molecule has 1 heterocycles. The Bertz CT molecular complexity index is 1640. The van der Waals surface area contributed by atoms with Gasteiger partial charge in [-0.25, -0.2) is 0 Å². The van der Waals surface area contributed by atoms with Crippen LogP contribution in [0.2, 0.25) is 5.02 Å². The van der Waals surface area contributed by atoms with Crippen molar-refractivity contribution in [2.75, 3.05) is 4.90 Å². The fraction of sp³-hybridized carbons (Fsp3) is 0.125. The van der Waals surface area contributed by atoms with Crippen LogP contribution < -0.4 is 4.90 Å². The Morgan fingerprint density at radius 3 is 2.19 bits per heavy atom. The minimum absolute atomic E-state index is 0.197. The van der Waals surface area contributed by atoms with Gasteiger partial charge in [-0.15, -0.1) is 0 Å². The average Bonchev–Trinajstić information content (AvgIpc) is 3.24. The molecule has 4 aromatic rings. The summed E-state index contributed by atoms with van der Waals surface area (Å²) in [5.74, 6) is -0.451. The minimum Gasteiger partial charge on any atom is -0.312 e. The van der Waals surface area contributed by atoms with E-state index in [1.807, 2.05) is 30.3 Å². The van der Waals surface area contributed by atoms with Gasteiger partial charge in [-0.1, -0.05) is 86.1 Å².